The lowest BCUT2D eigenvalue weighted by Gasteiger charge is -2.15. The molecule has 1 aromatic heterocycles. The SMILES string of the molecule is CCc1cccc2c(CNC3CC3)c3c(nc12)CCC3. The quantitative estimate of drug-likeness (QED) is 0.915. The van der Waals surface area contributed by atoms with Gasteiger partial charge in [-0.1, -0.05) is 25.1 Å². The highest BCUT2D eigenvalue weighted by molar-refractivity contribution is 5.86. The van der Waals surface area contributed by atoms with E-state index in [9.17, 15) is 0 Å². The first-order valence-corrected chi connectivity index (χ1v) is 8.02. The van der Waals surface area contributed by atoms with Crippen molar-refractivity contribution >= 4 is 10.9 Å². The highest BCUT2D eigenvalue weighted by Crippen LogP contribution is 2.32. The molecule has 0 saturated heterocycles. The second-order valence-electron chi connectivity index (χ2n) is 6.19. The smallest absolute Gasteiger partial charge is 0.0740 e. The van der Waals surface area contributed by atoms with Crippen LogP contribution in [0.25, 0.3) is 10.9 Å². The Morgan fingerprint density at radius 1 is 1.25 bits per heavy atom. The maximum atomic E-state index is 5.00. The van der Waals surface area contributed by atoms with Crippen molar-refractivity contribution in [3.05, 3.63) is 40.6 Å². The number of hydrogen-bond acceptors (Lipinski definition) is 2. The van der Waals surface area contributed by atoms with E-state index in [0.717, 1.165) is 19.0 Å². The van der Waals surface area contributed by atoms with Crippen LogP contribution in [0, 0.1) is 0 Å². The summed E-state index contributed by atoms with van der Waals surface area (Å²) >= 11 is 0. The molecule has 4 rings (SSSR count). The van der Waals surface area contributed by atoms with Crippen molar-refractivity contribution in [1.29, 1.82) is 0 Å². The molecule has 0 aliphatic heterocycles. The predicted octanol–water partition coefficient (Wildman–Crippen LogP) is 3.54. The van der Waals surface area contributed by atoms with Crippen LogP contribution in [-0.2, 0) is 25.8 Å². The number of nitrogens with zero attached hydrogens (tertiary/aromatic N) is 1. The zero-order chi connectivity index (χ0) is 13.5. The lowest BCUT2D eigenvalue weighted by molar-refractivity contribution is 0.686. The van der Waals surface area contributed by atoms with Crippen LogP contribution in [0.5, 0.6) is 0 Å². The molecular formula is C18H22N2. The maximum absolute atomic E-state index is 5.00. The van der Waals surface area contributed by atoms with Crippen molar-refractivity contribution < 1.29 is 0 Å². The monoisotopic (exact) mass is 266 g/mol. The van der Waals surface area contributed by atoms with Crippen LogP contribution in [0.15, 0.2) is 18.2 Å². The first-order chi connectivity index (χ1) is 9.86. The second-order valence-corrected chi connectivity index (χ2v) is 6.19. The molecule has 2 aromatic rings. The number of pyridine rings is 1. The van der Waals surface area contributed by atoms with Gasteiger partial charge in [-0.05, 0) is 55.2 Å². The van der Waals surface area contributed by atoms with Gasteiger partial charge in [0.05, 0.1) is 5.52 Å². The molecule has 2 aliphatic rings. The fourth-order valence-corrected chi connectivity index (χ4v) is 3.46. The number of para-hydroxylation sites is 1. The van der Waals surface area contributed by atoms with Crippen LogP contribution in [0.3, 0.4) is 0 Å². The molecule has 20 heavy (non-hydrogen) atoms. The van der Waals surface area contributed by atoms with Gasteiger partial charge >= 0.3 is 0 Å². The van der Waals surface area contributed by atoms with Crippen LogP contribution in [0.4, 0.5) is 0 Å². The minimum Gasteiger partial charge on any atom is -0.310 e. The van der Waals surface area contributed by atoms with Crippen LogP contribution < -0.4 is 5.32 Å². The molecule has 1 N–H and O–H groups in total. The Morgan fingerprint density at radius 3 is 2.95 bits per heavy atom. The molecule has 2 aliphatic carbocycles. The van der Waals surface area contributed by atoms with Gasteiger partial charge in [-0.15, -0.1) is 0 Å². The molecule has 0 spiro atoms. The fourth-order valence-electron chi connectivity index (χ4n) is 3.46. The summed E-state index contributed by atoms with van der Waals surface area (Å²) in [6.45, 7) is 3.25. The number of aromatic nitrogens is 1. The van der Waals surface area contributed by atoms with Crippen LogP contribution in [0.1, 0.15) is 48.6 Å². The van der Waals surface area contributed by atoms with Gasteiger partial charge in [-0.25, -0.2) is 0 Å². The highest BCUT2D eigenvalue weighted by atomic mass is 14.9. The van der Waals surface area contributed by atoms with E-state index in [1.807, 2.05) is 0 Å². The largest absolute Gasteiger partial charge is 0.310 e. The molecule has 2 heteroatoms. The topological polar surface area (TPSA) is 24.9 Å². The Bertz CT molecular complexity index is 656. The van der Waals surface area contributed by atoms with Gasteiger partial charge in [0, 0.05) is 23.7 Å². The molecule has 1 aromatic carbocycles. The third-order valence-corrected chi connectivity index (χ3v) is 4.77. The van der Waals surface area contributed by atoms with Gasteiger partial charge < -0.3 is 5.32 Å². The molecule has 0 radical (unpaired) electrons. The fraction of sp³-hybridized carbons (Fsp3) is 0.500. The summed E-state index contributed by atoms with van der Waals surface area (Å²) in [5, 5.41) is 5.09. The Morgan fingerprint density at radius 2 is 2.15 bits per heavy atom. The van der Waals surface area contributed by atoms with E-state index in [2.05, 4.69) is 30.4 Å². The van der Waals surface area contributed by atoms with E-state index in [-0.39, 0.29) is 0 Å². The zero-order valence-corrected chi connectivity index (χ0v) is 12.2. The molecule has 104 valence electrons. The third kappa shape index (κ3) is 2.03. The van der Waals surface area contributed by atoms with E-state index in [4.69, 9.17) is 4.98 Å². The molecule has 1 saturated carbocycles. The molecule has 1 fully saturated rings. The van der Waals surface area contributed by atoms with Gasteiger partial charge in [-0.2, -0.15) is 0 Å². The molecule has 0 atom stereocenters. The predicted molar refractivity (Wildman–Crippen MR) is 83.0 cm³/mol. The lowest BCUT2D eigenvalue weighted by Crippen LogP contribution is -2.17. The lowest BCUT2D eigenvalue weighted by atomic mass is 9.98. The number of hydrogen-bond donors (Lipinski definition) is 1. The molecular weight excluding hydrogens is 244 g/mol. The van der Waals surface area contributed by atoms with E-state index >= 15 is 0 Å². The number of nitrogens with one attached hydrogen (secondary N) is 1. The first-order valence-electron chi connectivity index (χ1n) is 8.02. The van der Waals surface area contributed by atoms with E-state index in [1.165, 1.54) is 59.8 Å². The molecule has 2 nitrogen and oxygen atoms in total. The van der Waals surface area contributed by atoms with E-state index in [1.54, 1.807) is 5.56 Å². The first kappa shape index (κ1) is 12.3. The summed E-state index contributed by atoms with van der Waals surface area (Å²) in [4.78, 5) is 5.00. The second kappa shape index (κ2) is 4.85. The molecule has 0 unspecified atom stereocenters. The van der Waals surface area contributed by atoms with Crippen molar-refractivity contribution in [3.63, 3.8) is 0 Å². The number of benzene rings is 1. The summed E-state index contributed by atoms with van der Waals surface area (Å²) in [6, 6.07) is 7.47. The Hall–Kier alpha value is -1.41. The van der Waals surface area contributed by atoms with Gasteiger partial charge in [0.2, 0.25) is 0 Å². The average molecular weight is 266 g/mol. The Balaban J connectivity index is 1.88. The van der Waals surface area contributed by atoms with Crippen LogP contribution in [-0.4, -0.2) is 11.0 Å². The van der Waals surface area contributed by atoms with Gasteiger partial charge in [-0.3, -0.25) is 4.98 Å². The summed E-state index contributed by atoms with van der Waals surface area (Å²) in [7, 11) is 0. The summed E-state index contributed by atoms with van der Waals surface area (Å²) in [5.41, 5.74) is 7.09. The Labute approximate surface area is 120 Å². The van der Waals surface area contributed by atoms with E-state index in [0.29, 0.717) is 0 Å². The number of aryl methyl sites for hydroxylation is 2. The minimum absolute atomic E-state index is 0.768. The maximum Gasteiger partial charge on any atom is 0.0740 e. The van der Waals surface area contributed by atoms with E-state index < -0.39 is 0 Å². The van der Waals surface area contributed by atoms with Gasteiger partial charge in [0.15, 0.2) is 0 Å². The Kier molecular flexibility index (Phi) is 2.99. The van der Waals surface area contributed by atoms with Crippen molar-refractivity contribution in [1.82, 2.24) is 10.3 Å². The molecule has 0 amide bonds. The summed E-state index contributed by atoms with van der Waals surface area (Å²) in [6.07, 6.45) is 7.43. The normalized spacial score (nSPS) is 17.6. The minimum atomic E-state index is 0.768. The van der Waals surface area contributed by atoms with Crippen molar-refractivity contribution in [2.75, 3.05) is 0 Å². The van der Waals surface area contributed by atoms with Crippen molar-refractivity contribution in [3.8, 4) is 0 Å². The average Bonchev–Trinajstić information content (AvgIpc) is 3.19. The van der Waals surface area contributed by atoms with Gasteiger partial charge in [0.1, 0.15) is 0 Å². The standard InChI is InChI=1S/C18H22N2/c1-2-12-5-3-7-15-16(11-19-13-9-10-13)14-6-4-8-17(14)20-18(12)15/h3,5,7,13,19H,2,4,6,8-11H2,1H3. The van der Waals surface area contributed by atoms with Crippen LogP contribution in [0.2, 0.25) is 0 Å². The third-order valence-electron chi connectivity index (χ3n) is 4.77. The van der Waals surface area contributed by atoms with Crippen molar-refractivity contribution in [2.24, 2.45) is 0 Å². The summed E-state index contributed by atoms with van der Waals surface area (Å²) < 4.78 is 0. The van der Waals surface area contributed by atoms with Crippen molar-refractivity contribution in [2.45, 2.75) is 58.0 Å². The molecule has 1 heterocycles. The number of rotatable bonds is 4. The highest BCUT2D eigenvalue weighted by Gasteiger charge is 2.24. The summed E-state index contributed by atoms with van der Waals surface area (Å²) in [5.74, 6) is 0. The van der Waals surface area contributed by atoms with Crippen LogP contribution >= 0.6 is 0 Å². The van der Waals surface area contributed by atoms with Gasteiger partial charge in [0.25, 0.3) is 0 Å². The molecule has 0 bridgehead atoms. The zero-order valence-electron chi connectivity index (χ0n) is 12.2. The number of fused-ring (bicyclic) bond motifs is 2.